The van der Waals surface area contributed by atoms with E-state index in [0.29, 0.717) is 17.1 Å². The maximum absolute atomic E-state index is 13.3. The summed E-state index contributed by atoms with van der Waals surface area (Å²) in [5, 5.41) is 5.34. The van der Waals surface area contributed by atoms with Gasteiger partial charge in [0.15, 0.2) is 0 Å². The van der Waals surface area contributed by atoms with Gasteiger partial charge in [0, 0.05) is 18.3 Å². The lowest BCUT2D eigenvalue weighted by Gasteiger charge is -2.25. The van der Waals surface area contributed by atoms with Gasteiger partial charge >= 0.3 is 0 Å². The summed E-state index contributed by atoms with van der Waals surface area (Å²) in [5.41, 5.74) is 2.12. The fraction of sp³-hybridized carbons (Fsp3) is 0.130. The maximum Gasteiger partial charge on any atom is 0.264 e. The van der Waals surface area contributed by atoms with E-state index >= 15 is 0 Å². The van der Waals surface area contributed by atoms with Gasteiger partial charge in [-0.3, -0.25) is 13.9 Å². The molecule has 0 radical (unpaired) electrons. The predicted octanol–water partition coefficient (Wildman–Crippen LogP) is 3.79. The van der Waals surface area contributed by atoms with Crippen molar-refractivity contribution in [3.05, 3.63) is 84.4 Å². The van der Waals surface area contributed by atoms with Crippen LogP contribution >= 0.6 is 0 Å². The molecule has 160 valence electrons. The number of nitrogens with zero attached hydrogens (tertiary/aromatic N) is 1. The molecule has 0 aliphatic rings. The zero-order chi connectivity index (χ0) is 22.4. The summed E-state index contributed by atoms with van der Waals surface area (Å²) in [4.78, 5) is 24.2. The fourth-order valence-corrected chi connectivity index (χ4v) is 4.58. The summed E-state index contributed by atoms with van der Waals surface area (Å²) in [7, 11) is -3.97. The number of anilines is 3. The first-order valence-corrected chi connectivity index (χ1v) is 11.0. The van der Waals surface area contributed by atoms with E-state index < -0.39 is 22.5 Å². The topological polar surface area (TPSA) is 95.6 Å². The molecule has 0 aromatic heterocycles. The average molecular weight is 438 g/mol. The molecule has 0 spiro atoms. The van der Waals surface area contributed by atoms with Crippen molar-refractivity contribution in [1.82, 2.24) is 0 Å². The number of carbonyl (C=O) groups is 2. The summed E-state index contributed by atoms with van der Waals surface area (Å²) in [6, 6.07) is 21.6. The number of rotatable bonds is 7. The highest BCUT2D eigenvalue weighted by molar-refractivity contribution is 7.92. The number of aryl methyl sites for hydroxylation is 1. The number of hydrogen-bond donors (Lipinski definition) is 2. The Morgan fingerprint density at radius 1 is 0.839 bits per heavy atom. The second-order valence-corrected chi connectivity index (χ2v) is 8.78. The standard InChI is InChI=1S/C23H23N3O4S/c1-17-9-6-7-14-22(17)26(31(29,30)21-12-4-3-5-13-21)16-23(28)25-20-11-8-10-19(15-20)24-18(2)27/h3-15H,16H2,1-2H3,(H,24,27)(H,25,28). The number of para-hydroxylation sites is 1. The molecule has 0 heterocycles. The van der Waals surface area contributed by atoms with E-state index in [9.17, 15) is 18.0 Å². The van der Waals surface area contributed by atoms with Gasteiger partial charge in [-0.25, -0.2) is 8.42 Å². The van der Waals surface area contributed by atoms with Crippen LogP contribution in [0.4, 0.5) is 17.1 Å². The molecule has 0 saturated carbocycles. The van der Waals surface area contributed by atoms with Crippen molar-refractivity contribution >= 4 is 38.9 Å². The van der Waals surface area contributed by atoms with Crippen molar-refractivity contribution in [1.29, 1.82) is 0 Å². The minimum atomic E-state index is -3.97. The molecular weight excluding hydrogens is 414 g/mol. The van der Waals surface area contributed by atoms with Crippen LogP contribution in [0.5, 0.6) is 0 Å². The highest BCUT2D eigenvalue weighted by Crippen LogP contribution is 2.26. The van der Waals surface area contributed by atoms with Gasteiger partial charge in [-0.05, 0) is 48.9 Å². The van der Waals surface area contributed by atoms with Gasteiger partial charge in [0.05, 0.1) is 10.6 Å². The lowest BCUT2D eigenvalue weighted by atomic mass is 10.2. The molecule has 0 atom stereocenters. The largest absolute Gasteiger partial charge is 0.326 e. The molecule has 3 aromatic rings. The molecular formula is C23H23N3O4S. The van der Waals surface area contributed by atoms with E-state index in [1.165, 1.54) is 19.1 Å². The zero-order valence-corrected chi connectivity index (χ0v) is 18.0. The molecule has 0 saturated heterocycles. The Morgan fingerprint density at radius 2 is 1.45 bits per heavy atom. The molecule has 31 heavy (non-hydrogen) atoms. The van der Waals surface area contributed by atoms with E-state index in [4.69, 9.17) is 0 Å². The van der Waals surface area contributed by atoms with E-state index in [0.717, 1.165) is 9.87 Å². The zero-order valence-electron chi connectivity index (χ0n) is 17.2. The third kappa shape index (κ3) is 5.49. The van der Waals surface area contributed by atoms with E-state index in [2.05, 4.69) is 10.6 Å². The first kappa shape index (κ1) is 22.0. The number of sulfonamides is 1. The number of amides is 2. The van der Waals surface area contributed by atoms with Gasteiger partial charge in [-0.15, -0.1) is 0 Å². The molecule has 0 bridgehead atoms. The summed E-state index contributed by atoms with van der Waals surface area (Å²) in [6.45, 7) is 2.77. The van der Waals surface area contributed by atoms with E-state index in [-0.39, 0.29) is 10.8 Å². The molecule has 3 rings (SSSR count). The first-order chi connectivity index (χ1) is 14.8. The Morgan fingerprint density at radius 3 is 2.10 bits per heavy atom. The Labute approximate surface area is 181 Å². The molecule has 2 N–H and O–H groups in total. The highest BCUT2D eigenvalue weighted by atomic mass is 32.2. The van der Waals surface area contributed by atoms with Crippen molar-refractivity contribution in [2.75, 3.05) is 21.5 Å². The minimum absolute atomic E-state index is 0.0960. The lowest BCUT2D eigenvalue weighted by molar-refractivity contribution is -0.115. The summed E-state index contributed by atoms with van der Waals surface area (Å²) < 4.78 is 27.8. The fourth-order valence-electron chi connectivity index (χ4n) is 3.07. The number of hydrogen-bond acceptors (Lipinski definition) is 4. The minimum Gasteiger partial charge on any atom is -0.326 e. The maximum atomic E-state index is 13.3. The van der Waals surface area contributed by atoms with Gasteiger partial charge in [0.2, 0.25) is 11.8 Å². The molecule has 7 nitrogen and oxygen atoms in total. The van der Waals surface area contributed by atoms with Crippen LogP contribution in [0.2, 0.25) is 0 Å². The van der Waals surface area contributed by atoms with Crippen LogP contribution in [0.3, 0.4) is 0 Å². The monoisotopic (exact) mass is 437 g/mol. The van der Waals surface area contributed by atoms with Crippen molar-refractivity contribution in [3.8, 4) is 0 Å². The van der Waals surface area contributed by atoms with Crippen LogP contribution in [0.25, 0.3) is 0 Å². The van der Waals surface area contributed by atoms with Gasteiger partial charge in [-0.2, -0.15) is 0 Å². The predicted molar refractivity (Wildman–Crippen MR) is 122 cm³/mol. The van der Waals surface area contributed by atoms with Gasteiger partial charge in [-0.1, -0.05) is 42.5 Å². The quantitative estimate of drug-likeness (QED) is 0.588. The Balaban J connectivity index is 1.90. The average Bonchev–Trinajstić information content (AvgIpc) is 2.73. The van der Waals surface area contributed by atoms with Crippen molar-refractivity contribution in [2.24, 2.45) is 0 Å². The van der Waals surface area contributed by atoms with Gasteiger partial charge in [0.25, 0.3) is 10.0 Å². The van der Waals surface area contributed by atoms with Crippen LogP contribution in [0.15, 0.2) is 83.8 Å². The summed E-state index contributed by atoms with van der Waals surface area (Å²) in [5.74, 6) is -0.745. The molecule has 0 unspecified atom stereocenters. The summed E-state index contributed by atoms with van der Waals surface area (Å²) >= 11 is 0. The molecule has 3 aromatic carbocycles. The second kappa shape index (κ2) is 9.44. The Bertz CT molecular complexity index is 1190. The van der Waals surface area contributed by atoms with Crippen LogP contribution in [0.1, 0.15) is 12.5 Å². The second-order valence-electron chi connectivity index (χ2n) is 6.92. The van der Waals surface area contributed by atoms with Crippen LogP contribution in [-0.2, 0) is 19.6 Å². The van der Waals surface area contributed by atoms with E-state index in [1.807, 2.05) is 0 Å². The normalized spacial score (nSPS) is 10.9. The number of carbonyl (C=O) groups excluding carboxylic acids is 2. The third-order valence-electron chi connectivity index (χ3n) is 4.47. The van der Waals surface area contributed by atoms with Crippen molar-refractivity contribution in [3.63, 3.8) is 0 Å². The Hall–Kier alpha value is -3.65. The van der Waals surface area contributed by atoms with Crippen molar-refractivity contribution < 1.29 is 18.0 Å². The smallest absolute Gasteiger partial charge is 0.264 e. The van der Waals surface area contributed by atoms with E-state index in [1.54, 1.807) is 73.7 Å². The number of nitrogens with one attached hydrogen (secondary N) is 2. The Kier molecular flexibility index (Phi) is 6.71. The lowest BCUT2D eigenvalue weighted by Crippen LogP contribution is -2.38. The molecule has 8 heteroatoms. The van der Waals surface area contributed by atoms with Crippen LogP contribution < -0.4 is 14.9 Å². The SMILES string of the molecule is CC(=O)Nc1cccc(NC(=O)CN(c2ccccc2C)S(=O)(=O)c2ccccc2)c1. The summed E-state index contributed by atoms with van der Waals surface area (Å²) in [6.07, 6.45) is 0. The molecule has 0 aliphatic carbocycles. The molecule has 0 aliphatic heterocycles. The van der Waals surface area contributed by atoms with Crippen molar-refractivity contribution in [2.45, 2.75) is 18.7 Å². The van der Waals surface area contributed by atoms with Crippen LogP contribution in [0, 0.1) is 6.92 Å². The molecule has 0 fully saturated rings. The highest BCUT2D eigenvalue weighted by Gasteiger charge is 2.28. The first-order valence-electron chi connectivity index (χ1n) is 9.58. The third-order valence-corrected chi connectivity index (χ3v) is 6.24. The number of benzene rings is 3. The van der Waals surface area contributed by atoms with Gasteiger partial charge in [0.1, 0.15) is 6.54 Å². The molecule has 2 amide bonds. The van der Waals surface area contributed by atoms with Crippen LogP contribution in [-0.4, -0.2) is 26.8 Å². The van der Waals surface area contributed by atoms with Gasteiger partial charge < -0.3 is 10.6 Å².